The molecule has 1 rings (SSSR count). The van der Waals surface area contributed by atoms with Crippen LogP contribution in [0.1, 0.15) is 28.9 Å². The Balaban J connectivity index is 2.69. The Morgan fingerprint density at radius 1 is 1.62 bits per heavy atom. The predicted octanol–water partition coefficient (Wildman–Crippen LogP) is 2.03. The fourth-order valence-corrected chi connectivity index (χ4v) is 2.13. The molecule has 4 heteroatoms. The molecular formula is C9H13NO2S. The van der Waals surface area contributed by atoms with Crippen LogP contribution in [0.25, 0.3) is 0 Å². The van der Waals surface area contributed by atoms with E-state index in [4.69, 9.17) is 5.11 Å². The number of carbonyl (C=O) groups is 1. The first-order valence-corrected chi connectivity index (χ1v) is 5.12. The molecule has 0 spiro atoms. The summed E-state index contributed by atoms with van der Waals surface area (Å²) in [5.41, 5.74) is 0.965. The summed E-state index contributed by atoms with van der Waals surface area (Å²) in [6.45, 7) is 4.02. The molecule has 0 fully saturated rings. The van der Waals surface area contributed by atoms with Crippen molar-refractivity contribution in [3.05, 3.63) is 15.6 Å². The molecule has 0 amide bonds. The zero-order valence-corrected chi connectivity index (χ0v) is 8.65. The van der Waals surface area contributed by atoms with Crippen molar-refractivity contribution < 1.29 is 9.90 Å². The second kappa shape index (κ2) is 4.37. The van der Waals surface area contributed by atoms with Crippen LogP contribution in [0.4, 0.5) is 0 Å². The average molecular weight is 199 g/mol. The number of hydrogen-bond donors (Lipinski definition) is 1. The van der Waals surface area contributed by atoms with Crippen LogP contribution in [-0.4, -0.2) is 16.1 Å². The summed E-state index contributed by atoms with van der Waals surface area (Å²) in [6, 6.07) is 0. The average Bonchev–Trinajstić information content (AvgIpc) is 2.42. The van der Waals surface area contributed by atoms with Gasteiger partial charge in [-0.1, -0.05) is 6.92 Å². The lowest BCUT2D eigenvalue weighted by molar-refractivity contribution is -0.136. The van der Waals surface area contributed by atoms with Gasteiger partial charge < -0.3 is 5.11 Å². The molecule has 0 aromatic carbocycles. The van der Waals surface area contributed by atoms with Crippen molar-refractivity contribution in [1.82, 2.24) is 4.98 Å². The minimum Gasteiger partial charge on any atom is -0.481 e. The molecule has 0 aliphatic carbocycles. The van der Waals surface area contributed by atoms with Crippen LogP contribution < -0.4 is 0 Å². The van der Waals surface area contributed by atoms with Crippen LogP contribution in [0.2, 0.25) is 0 Å². The molecule has 0 unspecified atom stereocenters. The summed E-state index contributed by atoms with van der Waals surface area (Å²) in [4.78, 5) is 15.9. The fraction of sp³-hybridized carbons (Fsp3) is 0.556. The normalized spacial score (nSPS) is 10.3. The van der Waals surface area contributed by atoms with Gasteiger partial charge in [-0.05, 0) is 13.3 Å². The Labute approximate surface area is 81.4 Å². The molecule has 1 aromatic heterocycles. The molecular weight excluding hydrogens is 186 g/mol. The van der Waals surface area contributed by atoms with Crippen LogP contribution in [0, 0.1) is 6.92 Å². The summed E-state index contributed by atoms with van der Waals surface area (Å²) in [7, 11) is 0. The first-order chi connectivity index (χ1) is 6.13. The van der Waals surface area contributed by atoms with E-state index in [1.807, 2.05) is 6.92 Å². The molecule has 0 atom stereocenters. The standard InChI is InChI=1S/C9H13NO2S/c1-3-8-7(4-5-9(11)12)10-6(2)13-8/h3-5H2,1-2H3,(H,11,12). The van der Waals surface area contributed by atoms with Crippen molar-refractivity contribution in [2.75, 3.05) is 0 Å². The van der Waals surface area contributed by atoms with Crippen molar-refractivity contribution in [2.45, 2.75) is 33.1 Å². The van der Waals surface area contributed by atoms with Crippen LogP contribution in [0.15, 0.2) is 0 Å². The van der Waals surface area contributed by atoms with E-state index in [0.29, 0.717) is 6.42 Å². The summed E-state index contributed by atoms with van der Waals surface area (Å²) in [5, 5.41) is 9.55. The van der Waals surface area contributed by atoms with Crippen LogP contribution in [-0.2, 0) is 17.6 Å². The van der Waals surface area contributed by atoms with E-state index in [-0.39, 0.29) is 6.42 Å². The third-order valence-electron chi connectivity index (χ3n) is 1.78. The van der Waals surface area contributed by atoms with E-state index in [1.165, 1.54) is 4.88 Å². The predicted molar refractivity (Wildman–Crippen MR) is 52.2 cm³/mol. The molecule has 3 nitrogen and oxygen atoms in total. The molecule has 0 saturated heterocycles. The Hall–Kier alpha value is -0.900. The quantitative estimate of drug-likeness (QED) is 0.807. The van der Waals surface area contributed by atoms with Crippen LogP contribution in [0.5, 0.6) is 0 Å². The first kappa shape index (κ1) is 10.2. The number of thiazole rings is 1. The minimum absolute atomic E-state index is 0.177. The number of rotatable bonds is 4. The molecule has 0 saturated carbocycles. The first-order valence-electron chi connectivity index (χ1n) is 4.30. The van der Waals surface area contributed by atoms with Gasteiger partial charge in [-0.25, -0.2) is 4.98 Å². The highest BCUT2D eigenvalue weighted by atomic mass is 32.1. The van der Waals surface area contributed by atoms with Crippen LogP contribution >= 0.6 is 11.3 Å². The SMILES string of the molecule is CCc1sc(C)nc1CCC(=O)O. The van der Waals surface area contributed by atoms with E-state index in [2.05, 4.69) is 11.9 Å². The number of carboxylic acid groups (broad SMARTS) is 1. The van der Waals surface area contributed by atoms with E-state index in [1.54, 1.807) is 11.3 Å². The molecule has 1 aromatic rings. The lowest BCUT2D eigenvalue weighted by atomic mass is 10.2. The molecule has 0 radical (unpaired) electrons. The summed E-state index contributed by atoms with van der Waals surface area (Å²) < 4.78 is 0. The Morgan fingerprint density at radius 2 is 2.31 bits per heavy atom. The van der Waals surface area contributed by atoms with Crippen molar-refractivity contribution in [3.8, 4) is 0 Å². The summed E-state index contributed by atoms with van der Waals surface area (Å²) in [5.74, 6) is -0.757. The van der Waals surface area contributed by atoms with E-state index in [0.717, 1.165) is 17.1 Å². The molecule has 0 aliphatic heterocycles. The maximum Gasteiger partial charge on any atom is 0.303 e. The number of aliphatic carboxylic acids is 1. The van der Waals surface area contributed by atoms with Crippen molar-refractivity contribution >= 4 is 17.3 Å². The van der Waals surface area contributed by atoms with Gasteiger partial charge in [0.1, 0.15) is 0 Å². The minimum atomic E-state index is -0.757. The number of nitrogens with zero attached hydrogens (tertiary/aromatic N) is 1. The molecule has 1 heterocycles. The van der Waals surface area contributed by atoms with Gasteiger partial charge in [0, 0.05) is 11.3 Å². The third-order valence-corrected chi connectivity index (χ3v) is 2.94. The zero-order valence-electron chi connectivity index (χ0n) is 7.83. The van der Waals surface area contributed by atoms with Gasteiger partial charge in [-0.2, -0.15) is 0 Å². The van der Waals surface area contributed by atoms with Crippen molar-refractivity contribution in [3.63, 3.8) is 0 Å². The molecule has 72 valence electrons. The van der Waals surface area contributed by atoms with Gasteiger partial charge in [0.25, 0.3) is 0 Å². The topological polar surface area (TPSA) is 50.2 Å². The number of carboxylic acids is 1. The number of aromatic nitrogens is 1. The lowest BCUT2D eigenvalue weighted by Crippen LogP contribution is -1.99. The second-order valence-electron chi connectivity index (χ2n) is 2.85. The maximum absolute atomic E-state index is 10.4. The van der Waals surface area contributed by atoms with E-state index in [9.17, 15) is 4.79 Å². The van der Waals surface area contributed by atoms with Gasteiger partial charge in [0.05, 0.1) is 17.1 Å². The monoisotopic (exact) mass is 199 g/mol. The van der Waals surface area contributed by atoms with E-state index < -0.39 is 5.97 Å². The Bertz CT molecular complexity index is 307. The number of hydrogen-bond acceptors (Lipinski definition) is 3. The van der Waals surface area contributed by atoms with Gasteiger partial charge in [0.15, 0.2) is 0 Å². The zero-order chi connectivity index (χ0) is 9.84. The highest BCUT2D eigenvalue weighted by Crippen LogP contribution is 2.19. The molecule has 13 heavy (non-hydrogen) atoms. The summed E-state index contributed by atoms with van der Waals surface area (Å²) >= 11 is 1.66. The number of aryl methyl sites for hydroxylation is 3. The Kier molecular flexibility index (Phi) is 3.42. The van der Waals surface area contributed by atoms with Gasteiger partial charge in [-0.3, -0.25) is 4.79 Å². The maximum atomic E-state index is 10.4. The van der Waals surface area contributed by atoms with Gasteiger partial charge in [-0.15, -0.1) is 11.3 Å². The molecule has 1 N–H and O–H groups in total. The van der Waals surface area contributed by atoms with Crippen LogP contribution in [0.3, 0.4) is 0 Å². The van der Waals surface area contributed by atoms with E-state index >= 15 is 0 Å². The Morgan fingerprint density at radius 3 is 2.85 bits per heavy atom. The van der Waals surface area contributed by atoms with Gasteiger partial charge in [0.2, 0.25) is 0 Å². The second-order valence-corrected chi connectivity index (χ2v) is 4.14. The summed E-state index contributed by atoms with van der Waals surface area (Å²) in [6.07, 6.45) is 1.68. The largest absolute Gasteiger partial charge is 0.481 e. The fourth-order valence-electron chi connectivity index (χ4n) is 1.21. The highest BCUT2D eigenvalue weighted by Gasteiger charge is 2.08. The molecule has 0 aliphatic rings. The van der Waals surface area contributed by atoms with Crippen molar-refractivity contribution in [2.24, 2.45) is 0 Å². The smallest absolute Gasteiger partial charge is 0.303 e. The van der Waals surface area contributed by atoms with Crippen molar-refractivity contribution in [1.29, 1.82) is 0 Å². The molecule has 0 bridgehead atoms. The lowest BCUT2D eigenvalue weighted by Gasteiger charge is -1.95. The highest BCUT2D eigenvalue weighted by molar-refractivity contribution is 7.11. The third kappa shape index (κ3) is 2.81. The van der Waals surface area contributed by atoms with Gasteiger partial charge >= 0.3 is 5.97 Å².